The van der Waals surface area contributed by atoms with E-state index in [1.54, 1.807) is 37.6 Å². The normalized spacial score (nSPS) is 13.1. The molecule has 0 saturated carbocycles. The van der Waals surface area contributed by atoms with E-state index in [2.05, 4.69) is 10.3 Å². The maximum Gasteiger partial charge on any atom is 0.245 e. The van der Waals surface area contributed by atoms with Crippen molar-refractivity contribution in [3.8, 4) is 22.8 Å². The van der Waals surface area contributed by atoms with E-state index < -0.39 is 0 Å². The van der Waals surface area contributed by atoms with Crippen molar-refractivity contribution in [1.82, 2.24) is 9.97 Å². The highest BCUT2D eigenvalue weighted by atomic mass is 16.5. The molecule has 0 bridgehead atoms. The van der Waals surface area contributed by atoms with Crippen LogP contribution >= 0.6 is 0 Å². The molecule has 136 valence electrons. The van der Waals surface area contributed by atoms with Gasteiger partial charge in [-0.1, -0.05) is 12.1 Å². The highest BCUT2D eigenvalue weighted by molar-refractivity contribution is 5.99. The third-order valence-electron chi connectivity index (χ3n) is 4.32. The number of amides is 1. The number of ether oxygens (including phenoxy) is 1. The molecule has 1 amide bonds. The molecule has 0 aliphatic carbocycles. The van der Waals surface area contributed by atoms with Gasteiger partial charge < -0.3 is 20.1 Å². The molecule has 2 aromatic carbocycles. The molecule has 1 aromatic heterocycles. The SMILES string of the molecule is COc1cccc(CN2CC(=O)Nc3ncc(-c4ccc(O)cc4)nc32)c1. The standard InChI is InChI=1S/C20H18N4O3/c1-27-16-4-2-3-13(9-16)11-24-12-18(26)23-19-20(24)22-17(10-21-19)14-5-7-15(25)8-6-14/h2-10,25H,11-12H2,1H3,(H,21,23,26). The second-order valence-corrected chi connectivity index (χ2v) is 6.23. The minimum absolute atomic E-state index is 0.128. The third kappa shape index (κ3) is 3.52. The molecule has 27 heavy (non-hydrogen) atoms. The number of fused-ring (bicyclic) bond motifs is 1. The van der Waals surface area contributed by atoms with E-state index in [0.29, 0.717) is 23.9 Å². The van der Waals surface area contributed by atoms with Crippen molar-refractivity contribution in [3.63, 3.8) is 0 Å². The highest BCUT2D eigenvalue weighted by Crippen LogP contribution is 2.30. The molecule has 0 radical (unpaired) electrons. The van der Waals surface area contributed by atoms with Crippen LogP contribution in [-0.2, 0) is 11.3 Å². The summed E-state index contributed by atoms with van der Waals surface area (Å²) in [7, 11) is 1.62. The quantitative estimate of drug-likeness (QED) is 0.742. The van der Waals surface area contributed by atoms with Crippen molar-refractivity contribution in [2.24, 2.45) is 0 Å². The number of aromatic hydroxyl groups is 1. The zero-order valence-corrected chi connectivity index (χ0v) is 14.7. The fourth-order valence-electron chi connectivity index (χ4n) is 3.00. The summed E-state index contributed by atoms with van der Waals surface area (Å²) in [6.07, 6.45) is 1.61. The Bertz CT molecular complexity index is 989. The van der Waals surface area contributed by atoms with Gasteiger partial charge in [0.05, 0.1) is 25.5 Å². The Labute approximate surface area is 156 Å². The minimum Gasteiger partial charge on any atom is -0.508 e. The monoisotopic (exact) mass is 362 g/mol. The maximum atomic E-state index is 12.1. The summed E-state index contributed by atoms with van der Waals surface area (Å²) in [5.74, 6) is 1.88. The Balaban J connectivity index is 1.69. The van der Waals surface area contributed by atoms with Gasteiger partial charge in [-0.2, -0.15) is 0 Å². The fraction of sp³-hybridized carbons (Fsp3) is 0.150. The number of hydrogen-bond acceptors (Lipinski definition) is 6. The van der Waals surface area contributed by atoms with Crippen molar-refractivity contribution >= 4 is 17.5 Å². The molecule has 0 fully saturated rings. The molecule has 1 aliphatic heterocycles. The third-order valence-corrected chi connectivity index (χ3v) is 4.32. The smallest absolute Gasteiger partial charge is 0.245 e. The number of carbonyl (C=O) groups excluding carboxylic acids is 1. The first kappa shape index (κ1) is 16.8. The van der Waals surface area contributed by atoms with Gasteiger partial charge in [-0.25, -0.2) is 9.97 Å². The summed E-state index contributed by atoms with van der Waals surface area (Å²) in [6, 6.07) is 14.5. The lowest BCUT2D eigenvalue weighted by molar-refractivity contribution is -0.115. The number of nitrogens with zero attached hydrogens (tertiary/aromatic N) is 3. The maximum absolute atomic E-state index is 12.1. The Morgan fingerprint density at radius 2 is 2.04 bits per heavy atom. The first-order valence-electron chi connectivity index (χ1n) is 8.46. The van der Waals surface area contributed by atoms with E-state index >= 15 is 0 Å². The molecular weight excluding hydrogens is 344 g/mol. The molecule has 2 heterocycles. The molecule has 2 N–H and O–H groups in total. The average Bonchev–Trinajstić information content (AvgIpc) is 2.68. The molecule has 0 atom stereocenters. The average molecular weight is 362 g/mol. The topological polar surface area (TPSA) is 87.6 Å². The van der Waals surface area contributed by atoms with Crippen LogP contribution in [0, 0.1) is 0 Å². The Kier molecular flexibility index (Phi) is 4.33. The van der Waals surface area contributed by atoms with Crippen LogP contribution in [0.1, 0.15) is 5.56 Å². The molecule has 7 nitrogen and oxygen atoms in total. The number of phenols is 1. The summed E-state index contributed by atoms with van der Waals surface area (Å²) in [4.78, 5) is 23.0. The predicted molar refractivity (Wildman–Crippen MR) is 102 cm³/mol. The summed E-state index contributed by atoms with van der Waals surface area (Å²) in [5.41, 5.74) is 2.51. The minimum atomic E-state index is -0.128. The van der Waals surface area contributed by atoms with Crippen molar-refractivity contribution < 1.29 is 14.6 Å². The lowest BCUT2D eigenvalue weighted by atomic mass is 10.1. The molecule has 1 aliphatic rings. The van der Waals surface area contributed by atoms with E-state index in [9.17, 15) is 9.90 Å². The molecular formula is C20H18N4O3. The molecule has 0 spiro atoms. The summed E-state index contributed by atoms with van der Waals surface area (Å²) >= 11 is 0. The van der Waals surface area contributed by atoms with Crippen molar-refractivity contribution in [2.75, 3.05) is 23.9 Å². The number of methoxy groups -OCH3 is 1. The lowest BCUT2D eigenvalue weighted by Gasteiger charge is -2.29. The summed E-state index contributed by atoms with van der Waals surface area (Å²) < 4.78 is 5.27. The number of nitrogens with one attached hydrogen (secondary N) is 1. The number of rotatable bonds is 4. The van der Waals surface area contributed by atoms with Gasteiger partial charge in [0.2, 0.25) is 5.91 Å². The zero-order chi connectivity index (χ0) is 18.8. The van der Waals surface area contributed by atoms with Crippen LogP contribution in [0.4, 0.5) is 11.6 Å². The van der Waals surface area contributed by atoms with Gasteiger partial charge in [0.1, 0.15) is 11.5 Å². The van der Waals surface area contributed by atoms with Crippen molar-refractivity contribution in [3.05, 3.63) is 60.3 Å². The lowest BCUT2D eigenvalue weighted by Crippen LogP contribution is -2.39. The van der Waals surface area contributed by atoms with Gasteiger partial charge in [-0.3, -0.25) is 4.79 Å². The molecule has 7 heteroatoms. The van der Waals surface area contributed by atoms with E-state index in [0.717, 1.165) is 16.9 Å². The van der Waals surface area contributed by atoms with Crippen LogP contribution in [0.5, 0.6) is 11.5 Å². The Hall–Kier alpha value is -3.61. The second kappa shape index (κ2) is 6.95. The fourth-order valence-corrected chi connectivity index (χ4v) is 3.00. The Morgan fingerprint density at radius 3 is 2.81 bits per heavy atom. The van der Waals surface area contributed by atoms with E-state index in [4.69, 9.17) is 9.72 Å². The highest BCUT2D eigenvalue weighted by Gasteiger charge is 2.25. The van der Waals surface area contributed by atoms with Crippen molar-refractivity contribution in [1.29, 1.82) is 0 Å². The van der Waals surface area contributed by atoms with Crippen LogP contribution in [0.3, 0.4) is 0 Å². The molecule has 4 rings (SSSR count). The van der Waals surface area contributed by atoms with Crippen LogP contribution in [0.15, 0.2) is 54.7 Å². The summed E-state index contributed by atoms with van der Waals surface area (Å²) in [6.45, 7) is 0.698. The second-order valence-electron chi connectivity index (χ2n) is 6.23. The number of anilines is 2. The van der Waals surface area contributed by atoms with Crippen molar-refractivity contribution in [2.45, 2.75) is 6.54 Å². The number of aromatic nitrogens is 2. The number of benzene rings is 2. The molecule has 0 unspecified atom stereocenters. The van der Waals surface area contributed by atoms with E-state index in [-0.39, 0.29) is 18.2 Å². The molecule has 0 saturated heterocycles. The van der Waals surface area contributed by atoms with Crippen LogP contribution in [0.2, 0.25) is 0 Å². The number of carbonyl (C=O) groups is 1. The van der Waals surface area contributed by atoms with Gasteiger partial charge in [0.25, 0.3) is 0 Å². The largest absolute Gasteiger partial charge is 0.508 e. The molecule has 3 aromatic rings. The van der Waals surface area contributed by atoms with E-state index in [1.807, 2.05) is 29.2 Å². The first-order valence-corrected chi connectivity index (χ1v) is 8.46. The number of hydrogen-bond donors (Lipinski definition) is 2. The van der Waals surface area contributed by atoms with Crippen LogP contribution < -0.4 is 15.0 Å². The zero-order valence-electron chi connectivity index (χ0n) is 14.7. The van der Waals surface area contributed by atoms with Gasteiger partial charge in [-0.15, -0.1) is 0 Å². The van der Waals surface area contributed by atoms with Gasteiger partial charge >= 0.3 is 0 Å². The Morgan fingerprint density at radius 1 is 1.22 bits per heavy atom. The van der Waals surface area contributed by atoms with E-state index in [1.165, 1.54) is 0 Å². The summed E-state index contributed by atoms with van der Waals surface area (Å²) in [5, 5.41) is 12.2. The number of phenolic OH excluding ortho intramolecular Hbond substituents is 1. The predicted octanol–water partition coefficient (Wildman–Crippen LogP) is 2.82. The first-order chi connectivity index (χ1) is 13.1. The van der Waals surface area contributed by atoms with Gasteiger partial charge in [0, 0.05) is 12.1 Å². The van der Waals surface area contributed by atoms with Crippen LogP contribution in [0.25, 0.3) is 11.3 Å². The van der Waals surface area contributed by atoms with Gasteiger partial charge in [0.15, 0.2) is 11.6 Å². The van der Waals surface area contributed by atoms with Crippen LogP contribution in [-0.4, -0.2) is 34.6 Å². The van der Waals surface area contributed by atoms with Gasteiger partial charge in [-0.05, 0) is 42.0 Å².